The Bertz CT molecular complexity index is 656. The first kappa shape index (κ1) is 14.4. The van der Waals surface area contributed by atoms with Crippen LogP contribution in [0.4, 0.5) is 13.2 Å². The van der Waals surface area contributed by atoms with Crippen LogP contribution in [-0.4, -0.2) is 5.24 Å². The van der Waals surface area contributed by atoms with E-state index in [2.05, 4.69) is 0 Å². The summed E-state index contributed by atoms with van der Waals surface area (Å²) in [6.45, 7) is 0. The van der Waals surface area contributed by atoms with Gasteiger partial charge in [0.25, 0.3) is 0 Å². The molecule has 0 aliphatic heterocycles. The van der Waals surface area contributed by atoms with Gasteiger partial charge in [0.05, 0.1) is 5.56 Å². The molecule has 0 radical (unpaired) electrons. The lowest BCUT2D eigenvalue weighted by molar-refractivity contribution is -0.137. The van der Waals surface area contributed by atoms with Gasteiger partial charge in [-0.2, -0.15) is 13.2 Å². The molecular formula is C14H8ClF3O2. The van der Waals surface area contributed by atoms with Crippen LogP contribution in [-0.2, 0) is 11.0 Å². The third-order valence-electron chi connectivity index (χ3n) is 2.48. The minimum absolute atomic E-state index is 0.276. The van der Waals surface area contributed by atoms with E-state index in [1.165, 1.54) is 30.3 Å². The average Bonchev–Trinajstić information content (AvgIpc) is 2.84. The van der Waals surface area contributed by atoms with Crippen molar-refractivity contribution in [3.05, 3.63) is 53.8 Å². The number of hydrogen-bond donors (Lipinski definition) is 0. The van der Waals surface area contributed by atoms with Crippen molar-refractivity contribution >= 4 is 22.9 Å². The van der Waals surface area contributed by atoms with E-state index in [9.17, 15) is 18.0 Å². The molecule has 1 aromatic heterocycles. The van der Waals surface area contributed by atoms with Gasteiger partial charge in [0, 0.05) is 11.6 Å². The maximum Gasteiger partial charge on any atom is 0.416 e. The van der Waals surface area contributed by atoms with Crippen LogP contribution in [0, 0.1) is 0 Å². The molecule has 0 fully saturated rings. The van der Waals surface area contributed by atoms with Crippen molar-refractivity contribution in [2.45, 2.75) is 6.18 Å². The maximum absolute atomic E-state index is 12.6. The summed E-state index contributed by atoms with van der Waals surface area (Å²) >= 11 is 5.13. The predicted molar refractivity (Wildman–Crippen MR) is 69.0 cm³/mol. The van der Waals surface area contributed by atoms with Crippen molar-refractivity contribution in [2.24, 2.45) is 0 Å². The van der Waals surface area contributed by atoms with Gasteiger partial charge in [-0.15, -0.1) is 0 Å². The molecule has 6 heteroatoms. The fraction of sp³-hybridized carbons (Fsp3) is 0.0714. The highest BCUT2D eigenvalue weighted by Gasteiger charge is 2.30. The van der Waals surface area contributed by atoms with Crippen LogP contribution in [0.2, 0.25) is 0 Å². The molecule has 0 saturated heterocycles. The van der Waals surface area contributed by atoms with Gasteiger partial charge in [-0.05, 0) is 41.9 Å². The standard InChI is InChI=1S/C14H8ClF3O2/c15-13(19)7-5-11-4-6-12(20-11)9-2-1-3-10(8-9)14(16,17)18/h1-8H. The Morgan fingerprint density at radius 2 is 1.95 bits per heavy atom. The van der Waals surface area contributed by atoms with Gasteiger partial charge in [-0.3, -0.25) is 4.79 Å². The lowest BCUT2D eigenvalue weighted by atomic mass is 10.1. The summed E-state index contributed by atoms with van der Waals surface area (Å²) in [5.41, 5.74) is -0.448. The number of alkyl halides is 3. The zero-order valence-corrected chi connectivity index (χ0v) is 10.7. The van der Waals surface area contributed by atoms with Crippen LogP contribution in [0.1, 0.15) is 11.3 Å². The van der Waals surface area contributed by atoms with E-state index in [4.69, 9.17) is 16.0 Å². The van der Waals surface area contributed by atoms with Crippen LogP contribution in [0.5, 0.6) is 0 Å². The summed E-state index contributed by atoms with van der Waals surface area (Å²) in [7, 11) is 0. The number of carbonyl (C=O) groups excluding carboxylic acids is 1. The smallest absolute Gasteiger partial charge is 0.416 e. The van der Waals surface area contributed by atoms with Gasteiger partial charge >= 0.3 is 6.18 Å². The molecule has 0 saturated carbocycles. The van der Waals surface area contributed by atoms with E-state index in [-0.39, 0.29) is 5.76 Å². The lowest BCUT2D eigenvalue weighted by Crippen LogP contribution is -2.04. The van der Waals surface area contributed by atoms with Crippen molar-refractivity contribution < 1.29 is 22.4 Å². The SMILES string of the molecule is O=C(Cl)C=Cc1ccc(-c2cccc(C(F)(F)F)c2)o1. The Morgan fingerprint density at radius 1 is 1.20 bits per heavy atom. The Morgan fingerprint density at radius 3 is 2.60 bits per heavy atom. The van der Waals surface area contributed by atoms with Crippen molar-refractivity contribution in [3.8, 4) is 11.3 Å². The van der Waals surface area contributed by atoms with E-state index in [1.807, 2.05) is 0 Å². The predicted octanol–water partition coefficient (Wildman–Crippen LogP) is 4.74. The summed E-state index contributed by atoms with van der Waals surface area (Å²) in [5.74, 6) is 0.601. The van der Waals surface area contributed by atoms with Crippen LogP contribution < -0.4 is 0 Å². The Balaban J connectivity index is 2.31. The van der Waals surface area contributed by atoms with Crippen LogP contribution >= 0.6 is 11.6 Å². The molecule has 20 heavy (non-hydrogen) atoms. The highest BCUT2D eigenvalue weighted by atomic mass is 35.5. The first-order valence-corrected chi connectivity index (χ1v) is 5.89. The summed E-state index contributed by atoms with van der Waals surface area (Å²) < 4.78 is 43.1. The van der Waals surface area contributed by atoms with E-state index >= 15 is 0 Å². The van der Waals surface area contributed by atoms with Gasteiger partial charge in [0.1, 0.15) is 11.5 Å². The molecule has 0 aliphatic rings. The third kappa shape index (κ3) is 3.51. The first-order valence-electron chi connectivity index (χ1n) is 5.51. The highest BCUT2D eigenvalue weighted by molar-refractivity contribution is 6.66. The van der Waals surface area contributed by atoms with Gasteiger partial charge in [0.15, 0.2) is 0 Å². The van der Waals surface area contributed by atoms with Crippen molar-refractivity contribution in [2.75, 3.05) is 0 Å². The van der Waals surface area contributed by atoms with Crippen LogP contribution in [0.25, 0.3) is 17.4 Å². The average molecular weight is 301 g/mol. The number of halogens is 4. The molecule has 1 heterocycles. The van der Waals surface area contributed by atoms with Gasteiger partial charge < -0.3 is 4.42 Å². The van der Waals surface area contributed by atoms with Crippen LogP contribution in [0.15, 0.2) is 46.9 Å². The molecular weight excluding hydrogens is 293 g/mol. The summed E-state index contributed by atoms with van der Waals surface area (Å²) in [5, 5.41) is -0.665. The monoisotopic (exact) mass is 300 g/mol. The van der Waals surface area contributed by atoms with E-state index < -0.39 is 17.0 Å². The van der Waals surface area contributed by atoms with Gasteiger partial charge in [-0.25, -0.2) is 0 Å². The van der Waals surface area contributed by atoms with Crippen LogP contribution in [0.3, 0.4) is 0 Å². The normalized spacial score (nSPS) is 12.0. The van der Waals surface area contributed by atoms with Crippen molar-refractivity contribution in [1.82, 2.24) is 0 Å². The fourth-order valence-electron chi connectivity index (χ4n) is 1.59. The zero-order valence-electron chi connectivity index (χ0n) is 9.95. The minimum atomic E-state index is -4.41. The quantitative estimate of drug-likeness (QED) is 0.605. The maximum atomic E-state index is 12.6. The number of carbonyl (C=O) groups is 1. The molecule has 2 nitrogen and oxygen atoms in total. The first-order chi connectivity index (χ1) is 9.36. The summed E-state index contributed by atoms with van der Waals surface area (Å²) in [6, 6.07) is 7.85. The Kier molecular flexibility index (Phi) is 3.99. The Hall–Kier alpha value is -2.01. The third-order valence-corrected chi connectivity index (χ3v) is 2.61. The molecule has 1 aromatic carbocycles. The molecule has 104 valence electrons. The summed E-state index contributed by atoms with van der Waals surface area (Å²) in [4.78, 5) is 10.6. The molecule has 2 aromatic rings. The molecule has 0 atom stereocenters. The molecule has 0 spiro atoms. The largest absolute Gasteiger partial charge is 0.457 e. The van der Waals surface area contributed by atoms with Crippen molar-refractivity contribution in [1.29, 1.82) is 0 Å². The molecule has 0 unspecified atom stereocenters. The van der Waals surface area contributed by atoms with Gasteiger partial charge in [0.2, 0.25) is 5.24 Å². The van der Waals surface area contributed by atoms with Gasteiger partial charge in [-0.1, -0.05) is 12.1 Å². The Labute approximate surface area is 117 Å². The second kappa shape index (κ2) is 5.54. The zero-order chi connectivity index (χ0) is 14.8. The summed E-state index contributed by atoms with van der Waals surface area (Å²) in [6.07, 6.45) is -1.97. The number of allylic oxidation sites excluding steroid dienone is 1. The number of rotatable bonds is 3. The molecule has 0 bridgehead atoms. The van der Waals surface area contributed by atoms with E-state index in [0.29, 0.717) is 11.3 Å². The van der Waals surface area contributed by atoms with Crippen molar-refractivity contribution in [3.63, 3.8) is 0 Å². The second-order valence-electron chi connectivity index (χ2n) is 3.92. The molecule has 0 aliphatic carbocycles. The highest BCUT2D eigenvalue weighted by Crippen LogP contribution is 2.32. The number of benzene rings is 1. The molecule has 0 N–H and O–H groups in total. The second-order valence-corrected chi connectivity index (χ2v) is 4.29. The van der Waals surface area contributed by atoms with E-state index in [0.717, 1.165) is 18.2 Å². The molecule has 2 rings (SSSR count). The number of furan rings is 1. The van der Waals surface area contributed by atoms with E-state index in [1.54, 1.807) is 0 Å². The fourth-order valence-corrected chi connectivity index (χ4v) is 1.66. The molecule has 0 amide bonds. The topological polar surface area (TPSA) is 30.2 Å². The number of hydrogen-bond acceptors (Lipinski definition) is 2. The minimum Gasteiger partial charge on any atom is -0.457 e. The lowest BCUT2D eigenvalue weighted by Gasteiger charge is -2.07.